The Bertz CT molecular complexity index is 506. The molecule has 1 saturated heterocycles. The van der Waals surface area contributed by atoms with Crippen LogP contribution >= 0.6 is 11.8 Å². The third-order valence-corrected chi connectivity index (χ3v) is 4.63. The topological polar surface area (TPSA) is 62.6 Å². The fourth-order valence-electron chi connectivity index (χ4n) is 2.63. The summed E-state index contributed by atoms with van der Waals surface area (Å²) in [6, 6.07) is 0. The van der Waals surface area contributed by atoms with Crippen LogP contribution in [0.3, 0.4) is 0 Å². The molecular weight excluding hydrogens is 298 g/mol. The Morgan fingerprint density at radius 3 is 2.41 bits per heavy atom. The molecule has 0 unspecified atom stereocenters. The lowest BCUT2D eigenvalue weighted by atomic mass is 10.1. The zero-order valence-electron chi connectivity index (χ0n) is 13.9. The smallest absolute Gasteiger partial charge is 0.234 e. The van der Waals surface area contributed by atoms with Gasteiger partial charge in [0.25, 0.3) is 0 Å². The Kier molecular flexibility index (Phi) is 6.16. The van der Waals surface area contributed by atoms with E-state index in [1.54, 1.807) is 11.8 Å². The Morgan fingerprint density at radius 1 is 1.27 bits per heavy atom. The van der Waals surface area contributed by atoms with Gasteiger partial charge in [0, 0.05) is 17.8 Å². The van der Waals surface area contributed by atoms with E-state index in [0.29, 0.717) is 12.8 Å². The summed E-state index contributed by atoms with van der Waals surface area (Å²) in [7, 11) is 2.18. The average Bonchev–Trinajstić information content (AvgIpc) is 2.48. The summed E-state index contributed by atoms with van der Waals surface area (Å²) < 4.78 is 0. The number of rotatable bonds is 5. The van der Waals surface area contributed by atoms with Gasteiger partial charge in [-0.05, 0) is 32.1 Å². The molecule has 22 heavy (non-hydrogen) atoms. The molecule has 0 aromatic carbocycles. The van der Waals surface area contributed by atoms with Gasteiger partial charge in [0.2, 0.25) is 5.91 Å². The second kappa shape index (κ2) is 7.89. The first-order chi connectivity index (χ1) is 10.5. The summed E-state index contributed by atoms with van der Waals surface area (Å²) >= 11 is 1.54. The van der Waals surface area contributed by atoms with Crippen LogP contribution in [0.4, 0.5) is 0 Å². The standard InChI is InChI=1S/C15H25N5OS/c1-11-13(12(2)17-15(16-11)22-4)5-6-14(21)18-20-9-7-19(3)8-10-20/h5-10H2,1-4H3,(H,18,21)/p+1. The van der Waals surface area contributed by atoms with E-state index in [-0.39, 0.29) is 5.91 Å². The van der Waals surface area contributed by atoms with Crippen LogP contribution in [0.5, 0.6) is 0 Å². The molecule has 1 aromatic heterocycles. The van der Waals surface area contributed by atoms with Crippen LogP contribution in [0.25, 0.3) is 0 Å². The van der Waals surface area contributed by atoms with Crippen molar-refractivity contribution in [3.05, 3.63) is 17.0 Å². The molecule has 2 N–H and O–H groups in total. The number of aromatic nitrogens is 2. The minimum atomic E-state index is 0.0762. The highest BCUT2D eigenvalue weighted by atomic mass is 32.2. The SMILES string of the molecule is CSc1nc(C)c(CCC(=O)NN2CC[NH+](C)CC2)c(C)n1. The van der Waals surface area contributed by atoms with Crippen LogP contribution in [0.15, 0.2) is 5.16 Å². The van der Waals surface area contributed by atoms with Crippen molar-refractivity contribution in [2.75, 3.05) is 39.5 Å². The number of carbonyl (C=O) groups is 1. The van der Waals surface area contributed by atoms with Gasteiger partial charge in [0.1, 0.15) is 0 Å². The van der Waals surface area contributed by atoms with E-state index in [4.69, 9.17) is 0 Å². The van der Waals surface area contributed by atoms with E-state index in [9.17, 15) is 4.79 Å². The lowest BCUT2D eigenvalue weighted by molar-refractivity contribution is -0.884. The van der Waals surface area contributed by atoms with Crippen LogP contribution in [0.1, 0.15) is 23.4 Å². The molecule has 7 heteroatoms. The quantitative estimate of drug-likeness (QED) is 0.571. The Labute approximate surface area is 136 Å². The second-order valence-corrected chi connectivity index (χ2v) is 6.61. The van der Waals surface area contributed by atoms with Gasteiger partial charge in [0.05, 0.1) is 33.2 Å². The Morgan fingerprint density at radius 2 is 1.86 bits per heavy atom. The van der Waals surface area contributed by atoms with Gasteiger partial charge in [-0.2, -0.15) is 0 Å². The predicted octanol–water partition coefficient (Wildman–Crippen LogP) is -0.391. The third kappa shape index (κ3) is 4.66. The van der Waals surface area contributed by atoms with Crippen molar-refractivity contribution >= 4 is 17.7 Å². The molecule has 6 nitrogen and oxygen atoms in total. The monoisotopic (exact) mass is 324 g/mol. The van der Waals surface area contributed by atoms with E-state index < -0.39 is 0 Å². The summed E-state index contributed by atoms with van der Waals surface area (Å²) in [5.74, 6) is 0.0762. The second-order valence-electron chi connectivity index (χ2n) is 5.84. The molecule has 0 spiro atoms. The number of thioether (sulfide) groups is 1. The van der Waals surface area contributed by atoms with Gasteiger partial charge < -0.3 is 4.90 Å². The molecule has 2 heterocycles. The fourth-order valence-corrected chi connectivity index (χ4v) is 3.09. The minimum Gasteiger partial charge on any atom is -0.335 e. The first-order valence-corrected chi connectivity index (χ1v) is 8.96. The number of nitrogens with zero attached hydrogens (tertiary/aromatic N) is 3. The number of hydrogen-bond acceptors (Lipinski definition) is 5. The fraction of sp³-hybridized carbons (Fsp3) is 0.667. The number of piperazine rings is 1. The number of likely N-dealkylation sites (N-methyl/N-ethyl adjacent to an activating group) is 1. The van der Waals surface area contributed by atoms with Crippen molar-refractivity contribution in [1.29, 1.82) is 0 Å². The number of hydrogen-bond donors (Lipinski definition) is 2. The molecule has 0 bridgehead atoms. The van der Waals surface area contributed by atoms with E-state index in [1.807, 2.05) is 25.1 Å². The van der Waals surface area contributed by atoms with Gasteiger partial charge in [-0.25, -0.2) is 15.0 Å². The van der Waals surface area contributed by atoms with Gasteiger partial charge in [-0.3, -0.25) is 10.2 Å². The van der Waals surface area contributed by atoms with Crippen molar-refractivity contribution in [3.63, 3.8) is 0 Å². The predicted molar refractivity (Wildman–Crippen MR) is 87.9 cm³/mol. The molecule has 0 saturated carbocycles. The lowest BCUT2D eigenvalue weighted by Crippen LogP contribution is -3.12. The number of carbonyl (C=O) groups excluding carboxylic acids is 1. The van der Waals surface area contributed by atoms with Gasteiger partial charge in [0.15, 0.2) is 5.16 Å². The molecule has 1 fully saturated rings. The molecule has 122 valence electrons. The highest BCUT2D eigenvalue weighted by Gasteiger charge is 2.18. The van der Waals surface area contributed by atoms with Crippen molar-refractivity contribution in [2.24, 2.45) is 0 Å². The molecule has 2 rings (SSSR count). The maximum absolute atomic E-state index is 12.1. The van der Waals surface area contributed by atoms with Crippen LogP contribution in [-0.4, -0.2) is 60.4 Å². The summed E-state index contributed by atoms with van der Waals surface area (Å²) in [4.78, 5) is 22.5. The zero-order valence-corrected chi connectivity index (χ0v) is 14.7. The molecule has 0 radical (unpaired) electrons. The molecule has 0 atom stereocenters. The van der Waals surface area contributed by atoms with Crippen LogP contribution in [-0.2, 0) is 11.2 Å². The van der Waals surface area contributed by atoms with Gasteiger partial charge in [-0.15, -0.1) is 0 Å². The summed E-state index contributed by atoms with van der Waals surface area (Å²) in [5, 5.41) is 2.82. The summed E-state index contributed by atoms with van der Waals surface area (Å²) in [6.07, 6.45) is 3.14. The number of nitrogens with one attached hydrogen (secondary N) is 2. The largest absolute Gasteiger partial charge is 0.335 e. The van der Waals surface area contributed by atoms with E-state index in [1.165, 1.54) is 4.90 Å². The van der Waals surface area contributed by atoms with Gasteiger partial charge in [-0.1, -0.05) is 11.8 Å². The van der Waals surface area contributed by atoms with Crippen molar-refractivity contribution in [1.82, 2.24) is 20.4 Å². The summed E-state index contributed by atoms with van der Waals surface area (Å²) in [6.45, 7) is 7.96. The van der Waals surface area contributed by atoms with E-state index in [0.717, 1.165) is 48.3 Å². The lowest BCUT2D eigenvalue weighted by Gasteiger charge is -2.30. The maximum atomic E-state index is 12.1. The molecule has 1 aliphatic rings. The number of hydrazine groups is 1. The first-order valence-electron chi connectivity index (χ1n) is 7.73. The minimum absolute atomic E-state index is 0.0762. The highest BCUT2D eigenvalue weighted by molar-refractivity contribution is 7.98. The van der Waals surface area contributed by atoms with Crippen molar-refractivity contribution in [2.45, 2.75) is 31.8 Å². The highest BCUT2D eigenvalue weighted by Crippen LogP contribution is 2.17. The maximum Gasteiger partial charge on any atom is 0.234 e. The van der Waals surface area contributed by atoms with E-state index >= 15 is 0 Å². The zero-order chi connectivity index (χ0) is 16.1. The summed E-state index contributed by atoms with van der Waals surface area (Å²) in [5.41, 5.74) is 6.06. The van der Waals surface area contributed by atoms with Crippen molar-refractivity contribution < 1.29 is 9.69 Å². The molecule has 1 aliphatic heterocycles. The molecule has 1 aromatic rings. The van der Waals surface area contributed by atoms with E-state index in [2.05, 4.69) is 22.4 Å². The van der Waals surface area contributed by atoms with Crippen molar-refractivity contribution in [3.8, 4) is 0 Å². The molecule has 1 amide bonds. The third-order valence-electron chi connectivity index (χ3n) is 4.08. The average molecular weight is 324 g/mol. The Hall–Kier alpha value is -1.18. The first kappa shape index (κ1) is 17.2. The molecular formula is C15H26N5OS+. The van der Waals surface area contributed by atoms with Gasteiger partial charge >= 0.3 is 0 Å². The molecule has 0 aliphatic carbocycles. The normalized spacial score (nSPS) is 16.7. The van der Waals surface area contributed by atoms with Crippen LogP contribution < -0.4 is 10.3 Å². The van der Waals surface area contributed by atoms with Crippen LogP contribution in [0.2, 0.25) is 0 Å². The Balaban J connectivity index is 1.86. The number of amides is 1. The van der Waals surface area contributed by atoms with Crippen LogP contribution in [0, 0.1) is 13.8 Å². The number of aryl methyl sites for hydroxylation is 2. The number of quaternary nitrogens is 1.